The normalized spacial score (nSPS) is 14.7. The van der Waals surface area contributed by atoms with Gasteiger partial charge >= 0.3 is 0 Å². The number of aryl methyl sites for hydroxylation is 1. The van der Waals surface area contributed by atoms with Crippen LogP contribution in [0.15, 0.2) is 132 Å². The standard InChI is InChI=1S/C43H35NO/c1-43(2)36-22-10-8-19-32(36)34-26-35(31-21-12-15-28-14-6-7-18-30(28)31)39(27-37(34)43)44(29-16-4-3-5-17-29)38-23-13-25-41-42(38)33-20-9-11-24-40(33)45-41/h3-5,8-13,15-17,19-27H,6-7,14,18H2,1-2H3. The molecule has 2 aliphatic carbocycles. The highest BCUT2D eigenvalue weighted by atomic mass is 16.3. The molecule has 7 aromatic rings. The summed E-state index contributed by atoms with van der Waals surface area (Å²) < 4.78 is 6.43. The molecule has 9 rings (SSSR count). The zero-order valence-corrected chi connectivity index (χ0v) is 25.8. The van der Waals surface area contributed by atoms with E-state index in [2.05, 4.69) is 146 Å². The number of benzene rings is 6. The Morgan fingerprint density at radius 2 is 1.29 bits per heavy atom. The molecule has 2 aliphatic rings. The highest BCUT2D eigenvalue weighted by Gasteiger charge is 2.37. The van der Waals surface area contributed by atoms with Crippen LogP contribution >= 0.6 is 0 Å². The van der Waals surface area contributed by atoms with Gasteiger partial charge < -0.3 is 9.32 Å². The van der Waals surface area contributed by atoms with Crippen LogP contribution in [0.5, 0.6) is 0 Å². The Kier molecular flexibility index (Phi) is 5.83. The topological polar surface area (TPSA) is 16.4 Å². The molecule has 0 bridgehead atoms. The molecule has 1 aromatic heterocycles. The molecule has 6 aromatic carbocycles. The first-order valence-electron chi connectivity index (χ1n) is 16.2. The Bertz CT molecular complexity index is 2250. The summed E-state index contributed by atoms with van der Waals surface area (Å²) in [5, 5.41) is 2.28. The lowest BCUT2D eigenvalue weighted by Crippen LogP contribution is -2.17. The number of rotatable bonds is 4. The quantitative estimate of drug-likeness (QED) is 0.206. The molecule has 0 saturated carbocycles. The van der Waals surface area contributed by atoms with Gasteiger partial charge in [0.25, 0.3) is 0 Å². The molecule has 0 amide bonds. The summed E-state index contributed by atoms with van der Waals surface area (Å²) in [5.41, 5.74) is 16.3. The Morgan fingerprint density at radius 1 is 0.556 bits per heavy atom. The van der Waals surface area contributed by atoms with Crippen LogP contribution in [0, 0.1) is 0 Å². The number of anilines is 3. The molecule has 0 spiro atoms. The maximum atomic E-state index is 6.43. The molecule has 45 heavy (non-hydrogen) atoms. The summed E-state index contributed by atoms with van der Waals surface area (Å²) in [6.07, 6.45) is 4.78. The van der Waals surface area contributed by atoms with E-state index in [4.69, 9.17) is 4.42 Å². The molecule has 0 saturated heterocycles. The fourth-order valence-corrected chi connectivity index (χ4v) is 8.10. The highest BCUT2D eigenvalue weighted by molar-refractivity contribution is 6.14. The third-order valence-electron chi connectivity index (χ3n) is 10.3. The van der Waals surface area contributed by atoms with Crippen LogP contribution in [0.2, 0.25) is 0 Å². The first-order valence-corrected chi connectivity index (χ1v) is 16.2. The lowest BCUT2D eigenvalue weighted by Gasteiger charge is -2.32. The minimum absolute atomic E-state index is 0.119. The lowest BCUT2D eigenvalue weighted by molar-refractivity contribution is 0.660. The number of hydrogen-bond donors (Lipinski definition) is 0. The zero-order chi connectivity index (χ0) is 30.1. The maximum absolute atomic E-state index is 6.43. The van der Waals surface area contributed by atoms with Crippen LogP contribution in [-0.2, 0) is 18.3 Å². The van der Waals surface area contributed by atoms with Crippen LogP contribution in [0.3, 0.4) is 0 Å². The third-order valence-corrected chi connectivity index (χ3v) is 10.3. The van der Waals surface area contributed by atoms with Crippen molar-refractivity contribution in [2.75, 3.05) is 4.90 Å². The van der Waals surface area contributed by atoms with Gasteiger partial charge in [0.15, 0.2) is 0 Å². The number of furan rings is 1. The third kappa shape index (κ3) is 3.95. The van der Waals surface area contributed by atoms with Crippen molar-refractivity contribution in [2.45, 2.75) is 44.9 Å². The highest BCUT2D eigenvalue weighted by Crippen LogP contribution is 2.54. The molecule has 0 radical (unpaired) electrons. The molecule has 218 valence electrons. The van der Waals surface area contributed by atoms with Crippen molar-refractivity contribution in [1.29, 1.82) is 0 Å². The molecule has 0 aliphatic heterocycles. The van der Waals surface area contributed by atoms with Crippen molar-refractivity contribution in [1.82, 2.24) is 0 Å². The predicted octanol–water partition coefficient (Wildman–Crippen LogP) is 11.9. The van der Waals surface area contributed by atoms with E-state index in [9.17, 15) is 0 Å². The Labute approximate surface area is 264 Å². The van der Waals surface area contributed by atoms with Crippen molar-refractivity contribution in [2.24, 2.45) is 0 Å². The summed E-state index contributed by atoms with van der Waals surface area (Å²) in [6, 6.07) is 46.7. The minimum Gasteiger partial charge on any atom is -0.456 e. The Hall–Kier alpha value is -5.08. The molecule has 0 fully saturated rings. The van der Waals surface area contributed by atoms with Crippen LogP contribution in [0.4, 0.5) is 17.1 Å². The van der Waals surface area contributed by atoms with Gasteiger partial charge in [-0.05, 0) is 107 Å². The molecular weight excluding hydrogens is 546 g/mol. The number of fused-ring (bicyclic) bond motifs is 7. The van der Waals surface area contributed by atoms with E-state index in [0.29, 0.717) is 0 Å². The first-order chi connectivity index (χ1) is 22.1. The van der Waals surface area contributed by atoms with E-state index >= 15 is 0 Å². The smallest absolute Gasteiger partial charge is 0.137 e. The second-order valence-corrected chi connectivity index (χ2v) is 13.2. The summed E-state index contributed by atoms with van der Waals surface area (Å²) in [4.78, 5) is 2.49. The molecule has 0 N–H and O–H groups in total. The van der Waals surface area contributed by atoms with Crippen LogP contribution in [0.25, 0.3) is 44.2 Å². The average molecular weight is 582 g/mol. The number of nitrogens with zero attached hydrogens (tertiary/aromatic N) is 1. The number of para-hydroxylation sites is 2. The van der Waals surface area contributed by atoms with Gasteiger partial charge in [0.1, 0.15) is 11.2 Å². The maximum Gasteiger partial charge on any atom is 0.137 e. The van der Waals surface area contributed by atoms with Crippen molar-refractivity contribution in [3.63, 3.8) is 0 Å². The average Bonchev–Trinajstić information content (AvgIpc) is 3.57. The second-order valence-electron chi connectivity index (χ2n) is 13.2. The van der Waals surface area contributed by atoms with Crippen molar-refractivity contribution in [3.8, 4) is 22.3 Å². The summed E-state index contributed by atoms with van der Waals surface area (Å²) in [6.45, 7) is 4.76. The van der Waals surface area contributed by atoms with E-state index in [1.54, 1.807) is 0 Å². The van der Waals surface area contributed by atoms with Gasteiger partial charge in [-0.25, -0.2) is 0 Å². The summed E-state index contributed by atoms with van der Waals surface area (Å²) in [5.74, 6) is 0. The zero-order valence-electron chi connectivity index (χ0n) is 25.8. The van der Waals surface area contributed by atoms with Gasteiger partial charge in [0.2, 0.25) is 0 Å². The molecule has 2 heteroatoms. The second kappa shape index (κ2) is 9.97. The molecule has 0 unspecified atom stereocenters. The fourth-order valence-electron chi connectivity index (χ4n) is 8.10. The van der Waals surface area contributed by atoms with Gasteiger partial charge in [-0.1, -0.05) is 98.8 Å². The van der Waals surface area contributed by atoms with Crippen LogP contribution < -0.4 is 4.90 Å². The SMILES string of the molecule is CC1(C)c2ccccc2-c2cc(-c3cccc4c3CCCC4)c(N(c3ccccc3)c3cccc4oc5ccccc5c34)cc21. The van der Waals surface area contributed by atoms with E-state index < -0.39 is 0 Å². The molecule has 2 nitrogen and oxygen atoms in total. The number of hydrogen-bond acceptors (Lipinski definition) is 2. The van der Waals surface area contributed by atoms with Gasteiger partial charge in [0.05, 0.1) is 16.8 Å². The van der Waals surface area contributed by atoms with E-state index in [1.165, 1.54) is 63.0 Å². The summed E-state index contributed by atoms with van der Waals surface area (Å²) >= 11 is 0. The van der Waals surface area contributed by atoms with Crippen molar-refractivity contribution in [3.05, 3.63) is 150 Å². The first kappa shape index (κ1) is 26.3. The van der Waals surface area contributed by atoms with E-state index in [0.717, 1.165) is 46.2 Å². The predicted molar refractivity (Wildman–Crippen MR) is 188 cm³/mol. The van der Waals surface area contributed by atoms with Crippen molar-refractivity contribution >= 4 is 39.0 Å². The molecular formula is C43H35NO. The molecule has 0 atom stereocenters. The van der Waals surface area contributed by atoms with Crippen LogP contribution in [-0.4, -0.2) is 0 Å². The van der Waals surface area contributed by atoms with E-state index in [-0.39, 0.29) is 5.41 Å². The Balaban J connectivity index is 1.41. The van der Waals surface area contributed by atoms with Crippen LogP contribution in [0.1, 0.15) is 48.9 Å². The van der Waals surface area contributed by atoms with E-state index in [1.807, 2.05) is 0 Å². The Morgan fingerprint density at radius 3 is 2.20 bits per heavy atom. The lowest BCUT2D eigenvalue weighted by atomic mass is 9.80. The minimum atomic E-state index is -0.119. The monoisotopic (exact) mass is 581 g/mol. The van der Waals surface area contributed by atoms with Crippen molar-refractivity contribution < 1.29 is 4.42 Å². The van der Waals surface area contributed by atoms with Gasteiger partial charge in [-0.3, -0.25) is 0 Å². The van der Waals surface area contributed by atoms with Gasteiger partial charge in [-0.2, -0.15) is 0 Å². The largest absolute Gasteiger partial charge is 0.456 e. The molecule has 1 heterocycles. The fraction of sp³-hybridized carbons (Fsp3) is 0.163. The van der Waals surface area contributed by atoms with Gasteiger partial charge in [-0.15, -0.1) is 0 Å². The van der Waals surface area contributed by atoms with Gasteiger partial charge in [0, 0.05) is 22.1 Å². The summed E-state index contributed by atoms with van der Waals surface area (Å²) in [7, 11) is 0.